The van der Waals surface area contributed by atoms with Crippen molar-refractivity contribution in [3.8, 4) is 0 Å². The number of hydrogen-bond donors (Lipinski definition) is 3. The van der Waals surface area contributed by atoms with Crippen LogP contribution < -0.4 is 10.6 Å². The molecule has 1 rings (SSSR count). The van der Waals surface area contributed by atoms with Crippen LogP contribution in [0.1, 0.15) is 64.1 Å². The molecule has 34 heavy (non-hydrogen) atoms. The molecule has 0 saturated carbocycles. The molecular weight excluding hydrogens is 434 g/mol. The zero-order chi connectivity index (χ0) is 25.7. The van der Waals surface area contributed by atoms with Crippen LogP contribution in [-0.4, -0.2) is 59.3 Å². The minimum atomic E-state index is -1.30. The number of hydrogen-bond acceptors (Lipinski definition) is 5. The lowest BCUT2D eigenvalue weighted by molar-refractivity contribution is -0.142. The van der Waals surface area contributed by atoms with Gasteiger partial charge >= 0.3 is 6.09 Å². The molecule has 0 aliphatic carbocycles. The van der Waals surface area contributed by atoms with Crippen LogP contribution in [0, 0.1) is 0 Å². The van der Waals surface area contributed by atoms with Crippen molar-refractivity contribution in [2.75, 3.05) is 19.7 Å². The van der Waals surface area contributed by atoms with Gasteiger partial charge in [-0.1, -0.05) is 56.7 Å². The summed E-state index contributed by atoms with van der Waals surface area (Å²) in [5.74, 6) is -0.993. The van der Waals surface area contributed by atoms with Gasteiger partial charge in [0.1, 0.15) is 17.7 Å². The maximum absolute atomic E-state index is 13.5. The van der Waals surface area contributed by atoms with Gasteiger partial charge in [-0.25, -0.2) is 4.79 Å². The Bertz CT molecular complexity index is 847. The molecule has 3 amide bonds. The number of carbonyl (C=O) groups excluding carboxylic acids is 3. The van der Waals surface area contributed by atoms with Crippen molar-refractivity contribution >= 4 is 24.0 Å². The molecule has 8 heteroatoms. The Morgan fingerprint density at radius 1 is 1.21 bits per heavy atom. The number of carbonyl (C=O) groups is 3. The summed E-state index contributed by atoms with van der Waals surface area (Å²) in [4.78, 5) is 40.3. The molecule has 0 aliphatic rings. The summed E-state index contributed by atoms with van der Waals surface area (Å²) in [7, 11) is 0. The minimum absolute atomic E-state index is 0.0245. The highest BCUT2D eigenvalue weighted by Gasteiger charge is 2.35. The Balaban J connectivity index is 3.30. The smallest absolute Gasteiger partial charge is 0.408 e. The molecule has 0 radical (unpaired) electrons. The van der Waals surface area contributed by atoms with Crippen molar-refractivity contribution in [3.05, 3.63) is 54.6 Å². The van der Waals surface area contributed by atoms with Gasteiger partial charge in [-0.2, -0.15) is 0 Å². The van der Waals surface area contributed by atoms with E-state index in [-0.39, 0.29) is 12.5 Å². The van der Waals surface area contributed by atoms with Crippen molar-refractivity contribution in [2.24, 2.45) is 0 Å². The fourth-order valence-corrected chi connectivity index (χ4v) is 3.31. The Labute approximate surface area is 203 Å². The van der Waals surface area contributed by atoms with Crippen LogP contribution in [0.3, 0.4) is 0 Å². The Hall–Kier alpha value is -3.13. The fraction of sp³-hybridized carbons (Fsp3) is 0.500. The summed E-state index contributed by atoms with van der Waals surface area (Å²) in [6.07, 6.45) is 5.10. The van der Waals surface area contributed by atoms with Crippen LogP contribution in [0.4, 0.5) is 4.79 Å². The molecule has 188 valence electrons. The van der Waals surface area contributed by atoms with E-state index in [9.17, 15) is 19.5 Å². The Kier molecular flexibility index (Phi) is 12.1. The second kappa shape index (κ2) is 14.2. The first kappa shape index (κ1) is 28.9. The lowest BCUT2D eigenvalue weighted by Gasteiger charge is -2.33. The van der Waals surface area contributed by atoms with Crippen LogP contribution in [0.5, 0.6) is 0 Å². The zero-order valence-electron chi connectivity index (χ0n) is 20.8. The summed E-state index contributed by atoms with van der Waals surface area (Å²) >= 11 is 0. The fourth-order valence-electron chi connectivity index (χ4n) is 3.31. The molecule has 0 heterocycles. The van der Waals surface area contributed by atoms with Crippen LogP contribution in [0.2, 0.25) is 0 Å². The second-order valence-corrected chi connectivity index (χ2v) is 8.94. The van der Waals surface area contributed by atoms with Crippen molar-refractivity contribution in [1.82, 2.24) is 15.5 Å². The van der Waals surface area contributed by atoms with Gasteiger partial charge in [-0.05, 0) is 44.4 Å². The average Bonchev–Trinajstić information content (AvgIpc) is 2.78. The first-order valence-corrected chi connectivity index (χ1v) is 11.6. The highest BCUT2D eigenvalue weighted by molar-refractivity contribution is 5.92. The van der Waals surface area contributed by atoms with Gasteiger partial charge in [0, 0.05) is 13.1 Å². The summed E-state index contributed by atoms with van der Waals surface area (Å²) in [6, 6.07) is 4.86. The summed E-state index contributed by atoms with van der Waals surface area (Å²) in [5.41, 5.74) is 0.590. The van der Waals surface area contributed by atoms with Gasteiger partial charge in [0.05, 0.1) is 6.61 Å². The first-order chi connectivity index (χ1) is 16.1. The number of benzene rings is 1. The lowest BCUT2D eigenvalue weighted by Crippen LogP contribution is -2.54. The van der Waals surface area contributed by atoms with Crippen molar-refractivity contribution < 1.29 is 24.2 Å². The maximum Gasteiger partial charge on any atom is 0.408 e. The number of nitrogens with zero attached hydrogens (tertiary/aromatic N) is 1. The van der Waals surface area contributed by atoms with Crippen molar-refractivity contribution in [3.63, 3.8) is 0 Å². The van der Waals surface area contributed by atoms with E-state index >= 15 is 0 Å². The molecule has 8 nitrogen and oxygen atoms in total. The number of amides is 3. The molecule has 2 atom stereocenters. The third kappa shape index (κ3) is 9.39. The van der Waals surface area contributed by atoms with Gasteiger partial charge in [-0.3, -0.25) is 9.59 Å². The predicted octanol–water partition coefficient (Wildman–Crippen LogP) is 3.58. The Morgan fingerprint density at radius 2 is 1.91 bits per heavy atom. The van der Waals surface area contributed by atoms with Crippen LogP contribution in [-0.2, 0) is 14.3 Å². The standard InChI is InChI=1S/C26H39N3O5/c1-7-10-11-15-27-23(31)22(20-14-12-13-19(9-3)17-20)29(16-8-2)24(32)21(18-30)28-25(33)34-26(4,5)6/h8-9,12-14,17,21-22,30H,2-3,7,10-11,15-16,18H2,1,4-6H3,(H,27,31)(H,28,33). The van der Waals surface area contributed by atoms with Gasteiger partial charge < -0.3 is 25.4 Å². The quantitative estimate of drug-likeness (QED) is 0.300. The summed E-state index contributed by atoms with van der Waals surface area (Å²) in [6.45, 7) is 14.5. The van der Waals surface area contributed by atoms with E-state index in [1.807, 2.05) is 6.07 Å². The van der Waals surface area contributed by atoms with E-state index in [0.29, 0.717) is 12.1 Å². The number of nitrogens with one attached hydrogen (secondary N) is 2. The third-order valence-corrected chi connectivity index (χ3v) is 4.88. The van der Waals surface area contributed by atoms with E-state index in [0.717, 1.165) is 24.8 Å². The zero-order valence-corrected chi connectivity index (χ0v) is 20.8. The molecule has 0 saturated heterocycles. The van der Waals surface area contributed by atoms with Gasteiger partial charge in [-0.15, -0.1) is 6.58 Å². The molecule has 0 aromatic heterocycles. The molecule has 2 unspecified atom stereocenters. The molecule has 0 spiro atoms. The van der Waals surface area contributed by atoms with Gasteiger partial charge in [0.15, 0.2) is 0 Å². The topological polar surface area (TPSA) is 108 Å². The first-order valence-electron chi connectivity index (χ1n) is 11.6. The predicted molar refractivity (Wildman–Crippen MR) is 134 cm³/mol. The second-order valence-electron chi connectivity index (χ2n) is 8.94. The number of aliphatic hydroxyl groups excluding tert-OH is 1. The third-order valence-electron chi connectivity index (χ3n) is 4.88. The van der Waals surface area contributed by atoms with Gasteiger partial charge in [0.2, 0.25) is 11.8 Å². The highest BCUT2D eigenvalue weighted by atomic mass is 16.6. The van der Waals surface area contributed by atoms with Crippen LogP contribution in [0.15, 0.2) is 43.5 Å². The number of unbranched alkanes of at least 4 members (excludes halogenated alkanes) is 2. The number of aliphatic hydroxyl groups is 1. The van der Waals surface area contributed by atoms with E-state index in [4.69, 9.17) is 4.74 Å². The van der Waals surface area contributed by atoms with E-state index in [1.54, 1.807) is 45.0 Å². The normalized spacial score (nSPS) is 12.7. The average molecular weight is 474 g/mol. The van der Waals surface area contributed by atoms with Crippen LogP contribution in [0.25, 0.3) is 6.08 Å². The monoisotopic (exact) mass is 473 g/mol. The molecule has 1 aromatic rings. The number of alkyl carbamates (subject to hydrolysis) is 1. The number of ether oxygens (including phenoxy) is 1. The van der Waals surface area contributed by atoms with Crippen molar-refractivity contribution in [1.29, 1.82) is 0 Å². The maximum atomic E-state index is 13.5. The highest BCUT2D eigenvalue weighted by Crippen LogP contribution is 2.24. The molecule has 0 aliphatic heterocycles. The van der Waals surface area contributed by atoms with Crippen molar-refractivity contribution in [2.45, 2.75) is 64.6 Å². The molecule has 0 bridgehead atoms. The molecular formula is C26H39N3O5. The summed E-state index contributed by atoms with van der Waals surface area (Å²) < 4.78 is 5.22. The van der Waals surface area contributed by atoms with Crippen LogP contribution >= 0.6 is 0 Å². The van der Waals surface area contributed by atoms with E-state index < -0.39 is 36.3 Å². The molecule has 0 fully saturated rings. The van der Waals surface area contributed by atoms with E-state index in [2.05, 4.69) is 30.7 Å². The number of rotatable bonds is 13. The lowest BCUT2D eigenvalue weighted by atomic mass is 10.0. The largest absolute Gasteiger partial charge is 0.444 e. The molecule has 3 N–H and O–H groups in total. The minimum Gasteiger partial charge on any atom is -0.444 e. The van der Waals surface area contributed by atoms with E-state index in [1.165, 1.54) is 11.0 Å². The van der Waals surface area contributed by atoms with Gasteiger partial charge in [0.25, 0.3) is 0 Å². The summed E-state index contributed by atoms with van der Waals surface area (Å²) in [5, 5.41) is 15.2. The SMILES string of the molecule is C=CCN(C(=O)C(CO)NC(=O)OC(C)(C)C)C(C(=O)NCCCCC)c1cccc(C=C)c1. The Morgan fingerprint density at radius 3 is 2.47 bits per heavy atom. The molecule has 1 aromatic carbocycles.